The number of anilines is 2. The number of methoxy groups -OCH3 is 2. The number of alkyl halides is 2. The minimum Gasteiger partial charge on any atom is -0.497 e. The first kappa shape index (κ1) is 31.7. The fourth-order valence-corrected chi connectivity index (χ4v) is 5.11. The van der Waals surface area contributed by atoms with E-state index in [-0.39, 0.29) is 24.7 Å². The lowest BCUT2D eigenvalue weighted by Gasteiger charge is -2.34. The summed E-state index contributed by atoms with van der Waals surface area (Å²) in [7, 11) is 4.71. The van der Waals surface area contributed by atoms with Crippen molar-refractivity contribution in [2.75, 3.05) is 44.2 Å². The van der Waals surface area contributed by atoms with Crippen molar-refractivity contribution in [2.45, 2.75) is 38.3 Å². The minimum absolute atomic E-state index is 0.0381. The molecule has 0 spiro atoms. The summed E-state index contributed by atoms with van der Waals surface area (Å²) < 4.78 is 48.9. The van der Waals surface area contributed by atoms with Crippen molar-refractivity contribution < 1.29 is 42.4 Å². The molecule has 4 rings (SSSR count). The fourth-order valence-electron chi connectivity index (χ4n) is 4.95. The van der Waals surface area contributed by atoms with Gasteiger partial charge in [0.2, 0.25) is 0 Å². The molecule has 0 fully saturated rings. The minimum atomic E-state index is -3.39. The third-order valence-electron chi connectivity index (χ3n) is 6.94. The lowest BCUT2D eigenvalue weighted by molar-refractivity contribution is -0.158. The number of carbonyl (C=O) groups is 2. The van der Waals surface area contributed by atoms with Gasteiger partial charge in [0.1, 0.15) is 29.0 Å². The molecule has 1 unspecified atom stereocenters. The van der Waals surface area contributed by atoms with Gasteiger partial charge in [-0.25, -0.2) is 0 Å². The van der Waals surface area contributed by atoms with E-state index in [0.717, 1.165) is 5.56 Å². The molecule has 1 heterocycles. The van der Waals surface area contributed by atoms with E-state index < -0.39 is 18.1 Å². The number of nitrogens with zero attached hydrogens (tertiary/aromatic N) is 2. The Morgan fingerprint density at radius 1 is 1.05 bits per heavy atom. The predicted molar refractivity (Wildman–Crippen MR) is 158 cm³/mol. The zero-order chi connectivity index (χ0) is 31.3. The summed E-state index contributed by atoms with van der Waals surface area (Å²) in [6, 6.07) is 13.7. The molecule has 0 bridgehead atoms. The van der Waals surface area contributed by atoms with E-state index in [0.29, 0.717) is 65.5 Å². The summed E-state index contributed by atoms with van der Waals surface area (Å²) in [6.45, 7) is 1.15. The largest absolute Gasteiger partial charge is 0.497 e. The van der Waals surface area contributed by atoms with Crippen LogP contribution in [0.25, 0.3) is 0 Å². The number of carboxylic acids is 1. The second-order valence-corrected chi connectivity index (χ2v) is 10.5. The van der Waals surface area contributed by atoms with Crippen molar-refractivity contribution in [1.29, 1.82) is 0 Å². The highest BCUT2D eigenvalue weighted by Crippen LogP contribution is 2.41. The lowest BCUT2D eigenvalue weighted by atomic mass is 10.0. The molecule has 12 heteroatoms. The summed E-state index contributed by atoms with van der Waals surface area (Å²) in [6.07, 6.45) is -2.58. The Labute approximate surface area is 253 Å². The second-order valence-electron chi connectivity index (χ2n) is 10.1. The lowest BCUT2D eigenvalue weighted by Crippen LogP contribution is -2.41. The van der Waals surface area contributed by atoms with Gasteiger partial charge in [0.05, 0.1) is 26.5 Å². The van der Waals surface area contributed by atoms with Crippen molar-refractivity contribution in [3.63, 3.8) is 0 Å². The average Bonchev–Trinajstić information content (AvgIpc) is 3.38. The molecule has 1 aliphatic heterocycles. The maximum atomic E-state index is 14.5. The molecule has 1 atom stereocenters. The monoisotopic (exact) mass is 618 g/mol. The molecular weight excluding hydrogens is 586 g/mol. The van der Waals surface area contributed by atoms with Crippen LogP contribution in [-0.2, 0) is 16.0 Å². The Morgan fingerprint density at radius 3 is 2.47 bits per heavy atom. The molecule has 1 aliphatic rings. The van der Waals surface area contributed by atoms with E-state index >= 15 is 0 Å². The van der Waals surface area contributed by atoms with Crippen LogP contribution in [0.4, 0.5) is 20.2 Å². The number of fused-ring (bicyclic) bond motifs is 1. The Bertz CT molecular complexity index is 1480. The van der Waals surface area contributed by atoms with Crippen LogP contribution >= 0.6 is 11.6 Å². The number of halogens is 3. The van der Waals surface area contributed by atoms with Crippen molar-refractivity contribution in [2.24, 2.45) is 0 Å². The van der Waals surface area contributed by atoms with Crippen molar-refractivity contribution in [3.8, 4) is 23.0 Å². The van der Waals surface area contributed by atoms with Crippen molar-refractivity contribution >= 4 is 34.9 Å². The number of amides is 1. The van der Waals surface area contributed by atoms with Crippen molar-refractivity contribution in [1.82, 2.24) is 0 Å². The Kier molecular flexibility index (Phi) is 9.85. The van der Waals surface area contributed by atoms with E-state index in [9.17, 15) is 18.4 Å². The molecule has 3 aromatic carbocycles. The molecule has 9 nitrogen and oxygen atoms in total. The van der Waals surface area contributed by atoms with Gasteiger partial charge in [0.25, 0.3) is 5.91 Å². The number of aliphatic carboxylic acids is 1. The van der Waals surface area contributed by atoms with Crippen LogP contribution in [0.2, 0.25) is 5.02 Å². The molecule has 1 amide bonds. The second kappa shape index (κ2) is 13.4. The summed E-state index contributed by atoms with van der Waals surface area (Å²) in [5.41, 5.74) is 2.38. The van der Waals surface area contributed by atoms with Gasteiger partial charge in [0, 0.05) is 67.5 Å². The first-order chi connectivity index (χ1) is 20.4. The molecule has 0 aromatic heterocycles. The van der Waals surface area contributed by atoms with Gasteiger partial charge in [-0.3, -0.25) is 9.59 Å². The van der Waals surface area contributed by atoms with Gasteiger partial charge in [-0.1, -0.05) is 23.7 Å². The van der Waals surface area contributed by atoms with Gasteiger partial charge >= 0.3 is 12.1 Å². The zero-order valence-corrected chi connectivity index (χ0v) is 25.0. The fraction of sp³-hybridized carbons (Fsp3) is 0.355. The Balaban J connectivity index is 1.75. The standard InChI is InChI=1S/C31H33ClF2N2O7/c1-31(33,34)43-22-9-7-19-11-12-36(26(19)18-22)30(39)29(25-10-8-20(32)14-27(25)41-4)35(2)21-15-23(40-3)17-24(16-21)42-13-5-6-28(37)38/h7-10,14-18,29H,5-6,11-13H2,1-4H3,(H,37,38). The average molecular weight is 619 g/mol. The summed E-state index contributed by atoms with van der Waals surface area (Å²) in [5, 5.41) is 9.35. The van der Waals surface area contributed by atoms with Crippen LogP contribution in [0.15, 0.2) is 54.6 Å². The number of hydrogen-bond donors (Lipinski definition) is 1. The molecule has 1 N–H and O–H groups in total. The molecule has 43 heavy (non-hydrogen) atoms. The van der Waals surface area contributed by atoms with E-state index in [1.807, 2.05) is 0 Å². The van der Waals surface area contributed by atoms with Crippen molar-refractivity contribution in [3.05, 3.63) is 70.7 Å². The summed E-state index contributed by atoms with van der Waals surface area (Å²) in [4.78, 5) is 28.7. The first-order valence-electron chi connectivity index (χ1n) is 13.5. The molecule has 3 aromatic rings. The number of ether oxygens (including phenoxy) is 4. The number of benzene rings is 3. The Hall–Kier alpha value is -4.25. The predicted octanol–water partition coefficient (Wildman–Crippen LogP) is 6.36. The normalized spacial score (nSPS) is 13.2. The topological polar surface area (TPSA) is 97.8 Å². The quantitative estimate of drug-likeness (QED) is 0.221. The van der Waals surface area contributed by atoms with Gasteiger partial charge < -0.3 is 33.9 Å². The van der Waals surface area contributed by atoms with Crippen LogP contribution in [0.3, 0.4) is 0 Å². The molecule has 0 saturated carbocycles. The highest BCUT2D eigenvalue weighted by atomic mass is 35.5. The molecule has 0 saturated heterocycles. The van der Waals surface area contributed by atoms with Gasteiger partial charge in [0.15, 0.2) is 0 Å². The highest BCUT2D eigenvalue weighted by Gasteiger charge is 2.36. The maximum Gasteiger partial charge on any atom is 0.394 e. The first-order valence-corrected chi connectivity index (χ1v) is 13.9. The number of likely N-dealkylation sites (N-methyl/N-ethyl adjacent to an activating group) is 1. The Morgan fingerprint density at radius 2 is 1.79 bits per heavy atom. The number of hydrogen-bond acceptors (Lipinski definition) is 7. The SMILES string of the molecule is COc1cc(OCCCC(=O)O)cc(N(C)C(C(=O)N2CCc3ccc(OC(C)(F)F)cc32)c2ccc(Cl)cc2OC)c1. The maximum absolute atomic E-state index is 14.5. The third kappa shape index (κ3) is 7.78. The van der Waals surface area contributed by atoms with Gasteiger partial charge in [-0.2, -0.15) is 8.78 Å². The molecular formula is C31H33ClF2N2O7. The molecule has 0 aliphatic carbocycles. The third-order valence-corrected chi connectivity index (χ3v) is 7.17. The van der Waals surface area contributed by atoms with Crippen LogP contribution in [0, 0.1) is 0 Å². The smallest absolute Gasteiger partial charge is 0.394 e. The molecule has 0 radical (unpaired) electrons. The number of carbonyl (C=O) groups excluding carboxylic acids is 1. The summed E-state index contributed by atoms with van der Waals surface area (Å²) >= 11 is 6.25. The van der Waals surface area contributed by atoms with E-state index in [1.54, 1.807) is 59.3 Å². The zero-order valence-electron chi connectivity index (χ0n) is 24.2. The van der Waals surface area contributed by atoms with Crippen LogP contribution in [0.1, 0.15) is 36.9 Å². The van der Waals surface area contributed by atoms with Crippen LogP contribution in [-0.4, -0.2) is 57.5 Å². The van der Waals surface area contributed by atoms with Gasteiger partial charge in [-0.15, -0.1) is 0 Å². The van der Waals surface area contributed by atoms with E-state index in [2.05, 4.69) is 0 Å². The van der Waals surface area contributed by atoms with Gasteiger partial charge in [-0.05, 0) is 36.6 Å². The molecule has 230 valence electrons. The highest BCUT2D eigenvalue weighted by molar-refractivity contribution is 6.30. The number of rotatable bonds is 13. The van der Waals surface area contributed by atoms with Crippen LogP contribution in [0.5, 0.6) is 23.0 Å². The van der Waals surface area contributed by atoms with Crippen LogP contribution < -0.4 is 28.7 Å². The van der Waals surface area contributed by atoms with E-state index in [1.165, 1.54) is 26.4 Å². The number of carboxylic acid groups (broad SMARTS) is 1. The van der Waals surface area contributed by atoms with E-state index in [4.69, 9.17) is 35.7 Å². The summed E-state index contributed by atoms with van der Waals surface area (Å²) in [5.74, 6) is -0.0480.